The van der Waals surface area contributed by atoms with Gasteiger partial charge in [-0.25, -0.2) is 0 Å². The van der Waals surface area contributed by atoms with Gasteiger partial charge in [-0.15, -0.1) is 0 Å². The summed E-state index contributed by atoms with van der Waals surface area (Å²) in [4.78, 5) is 37.6. The molecule has 0 heterocycles. The van der Waals surface area contributed by atoms with Crippen LogP contribution in [-0.4, -0.2) is 37.2 Å². The van der Waals surface area contributed by atoms with Gasteiger partial charge in [0.2, 0.25) is 0 Å². The second-order valence-electron chi connectivity index (χ2n) is 15.0. The summed E-state index contributed by atoms with van der Waals surface area (Å²) in [7, 11) is 0. The molecule has 0 bridgehead atoms. The number of rotatable bonds is 40. The molecular formula is C47H84O6. The number of unbranched alkanes of at least 4 members (excludes halogenated alkanes) is 23. The molecule has 0 aliphatic rings. The van der Waals surface area contributed by atoms with Crippen molar-refractivity contribution in [3.8, 4) is 0 Å². The molecule has 0 aromatic rings. The van der Waals surface area contributed by atoms with Crippen LogP contribution >= 0.6 is 0 Å². The third-order valence-corrected chi connectivity index (χ3v) is 9.62. The van der Waals surface area contributed by atoms with E-state index in [2.05, 4.69) is 57.2 Å². The lowest BCUT2D eigenvalue weighted by Gasteiger charge is -2.18. The van der Waals surface area contributed by atoms with Gasteiger partial charge < -0.3 is 14.2 Å². The van der Waals surface area contributed by atoms with Crippen molar-refractivity contribution < 1.29 is 28.6 Å². The van der Waals surface area contributed by atoms with Crippen molar-refractivity contribution in [1.82, 2.24) is 0 Å². The van der Waals surface area contributed by atoms with Crippen LogP contribution in [0.5, 0.6) is 0 Å². The van der Waals surface area contributed by atoms with Crippen LogP contribution in [0.25, 0.3) is 0 Å². The van der Waals surface area contributed by atoms with Gasteiger partial charge in [-0.05, 0) is 70.6 Å². The topological polar surface area (TPSA) is 78.9 Å². The molecule has 0 aromatic heterocycles. The lowest BCUT2D eigenvalue weighted by molar-refractivity contribution is -0.167. The highest BCUT2D eigenvalue weighted by molar-refractivity contribution is 5.71. The minimum absolute atomic E-state index is 0.0786. The number of allylic oxidation sites excluding steroid dienone is 6. The van der Waals surface area contributed by atoms with E-state index in [1.54, 1.807) is 0 Å². The first-order chi connectivity index (χ1) is 26.0. The Hall–Kier alpha value is -2.37. The predicted molar refractivity (Wildman–Crippen MR) is 224 cm³/mol. The Morgan fingerprint density at radius 1 is 0.377 bits per heavy atom. The maximum absolute atomic E-state index is 12.7. The molecule has 0 aliphatic heterocycles. The molecule has 0 saturated carbocycles. The van der Waals surface area contributed by atoms with Gasteiger partial charge in [0.25, 0.3) is 0 Å². The average Bonchev–Trinajstić information content (AvgIpc) is 3.15. The summed E-state index contributed by atoms with van der Waals surface area (Å²) in [6, 6.07) is 0. The summed E-state index contributed by atoms with van der Waals surface area (Å²) in [5.41, 5.74) is 0. The van der Waals surface area contributed by atoms with Gasteiger partial charge in [-0.2, -0.15) is 0 Å². The average molecular weight is 745 g/mol. The van der Waals surface area contributed by atoms with Crippen LogP contribution in [0.2, 0.25) is 0 Å². The summed E-state index contributed by atoms with van der Waals surface area (Å²) < 4.78 is 16.7. The molecule has 308 valence electrons. The Kier molecular flexibility index (Phi) is 40.5. The van der Waals surface area contributed by atoms with Crippen LogP contribution in [0.1, 0.15) is 226 Å². The van der Waals surface area contributed by atoms with E-state index in [1.807, 2.05) is 0 Å². The summed E-state index contributed by atoms with van der Waals surface area (Å²) in [6.07, 6.45) is 46.9. The maximum atomic E-state index is 12.7. The van der Waals surface area contributed by atoms with Crippen molar-refractivity contribution in [3.63, 3.8) is 0 Å². The smallest absolute Gasteiger partial charge is 0.306 e. The quantitative estimate of drug-likeness (QED) is 0.0269. The zero-order valence-corrected chi connectivity index (χ0v) is 35.0. The molecular weight excluding hydrogens is 661 g/mol. The van der Waals surface area contributed by atoms with E-state index in [9.17, 15) is 14.4 Å². The molecule has 0 aromatic carbocycles. The van der Waals surface area contributed by atoms with Crippen molar-refractivity contribution in [3.05, 3.63) is 36.5 Å². The third kappa shape index (κ3) is 40.6. The minimum Gasteiger partial charge on any atom is -0.462 e. The Balaban J connectivity index is 4.37. The Morgan fingerprint density at radius 2 is 0.698 bits per heavy atom. The zero-order valence-electron chi connectivity index (χ0n) is 35.0. The fourth-order valence-electron chi connectivity index (χ4n) is 6.16. The van der Waals surface area contributed by atoms with Crippen LogP contribution in [-0.2, 0) is 28.6 Å². The molecule has 0 N–H and O–H groups in total. The SMILES string of the molecule is CCCC/C=C\CCCCCCCC(=O)O[C@@H](COC(=O)CCCCCCC/C=C\C/C=C\CCCCC)COC(=O)CCCCCCCCCCC. The number of hydrogen-bond acceptors (Lipinski definition) is 6. The summed E-state index contributed by atoms with van der Waals surface area (Å²) in [5, 5.41) is 0. The fourth-order valence-corrected chi connectivity index (χ4v) is 6.16. The molecule has 0 unspecified atom stereocenters. The Morgan fingerprint density at radius 3 is 1.15 bits per heavy atom. The van der Waals surface area contributed by atoms with E-state index in [4.69, 9.17) is 14.2 Å². The van der Waals surface area contributed by atoms with E-state index in [0.717, 1.165) is 89.9 Å². The molecule has 0 saturated heterocycles. The fraction of sp³-hybridized carbons (Fsp3) is 0.809. The molecule has 0 aliphatic carbocycles. The third-order valence-electron chi connectivity index (χ3n) is 9.62. The molecule has 1 atom stereocenters. The Bertz CT molecular complexity index is 907. The van der Waals surface area contributed by atoms with Gasteiger partial charge in [0, 0.05) is 19.3 Å². The first kappa shape index (κ1) is 50.6. The predicted octanol–water partition coefficient (Wildman–Crippen LogP) is 14.2. The number of esters is 3. The molecule has 6 heteroatoms. The van der Waals surface area contributed by atoms with Crippen molar-refractivity contribution in [2.75, 3.05) is 13.2 Å². The summed E-state index contributed by atoms with van der Waals surface area (Å²) in [5.74, 6) is -0.905. The molecule has 0 radical (unpaired) electrons. The summed E-state index contributed by atoms with van der Waals surface area (Å²) >= 11 is 0. The van der Waals surface area contributed by atoms with Crippen molar-refractivity contribution in [1.29, 1.82) is 0 Å². The Labute approximate surface area is 327 Å². The van der Waals surface area contributed by atoms with Crippen molar-refractivity contribution in [2.45, 2.75) is 232 Å². The first-order valence-corrected chi connectivity index (χ1v) is 22.5. The lowest BCUT2D eigenvalue weighted by Crippen LogP contribution is -2.30. The van der Waals surface area contributed by atoms with E-state index in [1.165, 1.54) is 96.3 Å². The van der Waals surface area contributed by atoms with Crippen LogP contribution in [0.15, 0.2) is 36.5 Å². The van der Waals surface area contributed by atoms with Crippen LogP contribution < -0.4 is 0 Å². The van der Waals surface area contributed by atoms with Gasteiger partial charge >= 0.3 is 17.9 Å². The van der Waals surface area contributed by atoms with Gasteiger partial charge in [0.1, 0.15) is 13.2 Å². The van der Waals surface area contributed by atoms with Crippen LogP contribution in [0, 0.1) is 0 Å². The largest absolute Gasteiger partial charge is 0.462 e. The zero-order chi connectivity index (χ0) is 38.7. The first-order valence-electron chi connectivity index (χ1n) is 22.5. The standard InChI is InChI=1S/C47H84O6/c1-4-7-10-13-16-19-21-22-23-24-26-28-31-34-37-40-46(49)52-43-44(42-51-45(48)39-36-33-30-27-18-15-12-9-6-3)53-47(50)41-38-35-32-29-25-20-17-14-11-8-5-2/h14,16-17,19,22-23,44H,4-13,15,18,20-21,24-43H2,1-3H3/b17-14-,19-16-,23-22-/t44-/m1/s1. The number of ether oxygens (including phenoxy) is 3. The lowest BCUT2D eigenvalue weighted by atomic mass is 10.1. The van der Waals surface area contributed by atoms with Crippen molar-refractivity contribution >= 4 is 17.9 Å². The molecule has 6 nitrogen and oxygen atoms in total. The monoisotopic (exact) mass is 745 g/mol. The van der Waals surface area contributed by atoms with Gasteiger partial charge in [-0.1, -0.05) is 173 Å². The number of hydrogen-bond donors (Lipinski definition) is 0. The summed E-state index contributed by atoms with van der Waals surface area (Å²) in [6.45, 7) is 6.52. The van der Waals surface area contributed by atoms with E-state index in [0.29, 0.717) is 19.3 Å². The highest BCUT2D eigenvalue weighted by Crippen LogP contribution is 2.13. The minimum atomic E-state index is -0.775. The van der Waals surface area contributed by atoms with E-state index < -0.39 is 6.10 Å². The molecule has 0 fully saturated rings. The van der Waals surface area contributed by atoms with Crippen molar-refractivity contribution in [2.24, 2.45) is 0 Å². The van der Waals surface area contributed by atoms with Gasteiger partial charge in [0.05, 0.1) is 0 Å². The van der Waals surface area contributed by atoms with Gasteiger partial charge in [0.15, 0.2) is 6.10 Å². The second-order valence-corrected chi connectivity index (χ2v) is 15.0. The normalized spacial score (nSPS) is 12.3. The number of carbonyl (C=O) groups excluding carboxylic acids is 3. The molecule has 0 rings (SSSR count). The highest BCUT2D eigenvalue weighted by Gasteiger charge is 2.19. The molecule has 53 heavy (non-hydrogen) atoms. The molecule has 0 amide bonds. The molecule has 0 spiro atoms. The van der Waals surface area contributed by atoms with E-state index in [-0.39, 0.29) is 31.1 Å². The van der Waals surface area contributed by atoms with Crippen LogP contribution in [0.3, 0.4) is 0 Å². The van der Waals surface area contributed by atoms with Gasteiger partial charge in [-0.3, -0.25) is 14.4 Å². The maximum Gasteiger partial charge on any atom is 0.306 e. The van der Waals surface area contributed by atoms with Crippen LogP contribution in [0.4, 0.5) is 0 Å². The second kappa shape index (κ2) is 42.4. The van der Waals surface area contributed by atoms with E-state index >= 15 is 0 Å². The highest BCUT2D eigenvalue weighted by atomic mass is 16.6. The number of carbonyl (C=O) groups is 3.